The number of hydrogen-bond acceptors (Lipinski definition) is 15. The molecule has 2 heterocycles. The minimum absolute atomic E-state index is 0.0547. The Balaban J connectivity index is 1.81. The summed E-state index contributed by atoms with van der Waals surface area (Å²) in [5.74, 6) is -1.29. The number of carbonyl (C=O) groups excluding carboxylic acids is 2. The molecule has 66 heavy (non-hydrogen) atoms. The highest BCUT2D eigenvalue weighted by Crippen LogP contribution is 2.60. The number of nitrogen functional groups attached to an aromatic ring is 1. The van der Waals surface area contributed by atoms with E-state index >= 15 is 0 Å². The molecule has 18 nitrogen and oxygen atoms in total. The number of carbonyl (C=O) groups is 2. The van der Waals surface area contributed by atoms with Crippen LogP contribution in [0.2, 0.25) is 0 Å². The van der Waals surface area contributed by atoms with Gasteiger partial charge in [0, 0.05) is 19.0 Å². The summed E-state index contributed by atoms with van der Waals surface area (Å²) in [7, 11) is -10.8. The molecule has 0 radical (unpaired) electrons. The van der Waals surface area contributed by atoms with Gasteiger partial charge in [-0.15, -0.1) is 0 Å². The highest BCUT2D eigenvalue weighted by atomic mass is 31.3. The van der Waals surface area contributed by atoms with Crippen molar-refractivity contribution in [2.24, 2.45) is 0 Å². The molecule has 0 saturated carbocycles. The molecule has 1 fully saturated rings. The predicted molar refractivity (Wildman–Crippen MR) is 252 cm³/mol. The highest BCUT2D eigenvalue weighted by Gasteiger charge is 2.46. The molecule has 382 valence electrons. The summed E-state index contributed by atoms with van der Waals surface area (Å²) in [5.41, 5.74) is 4.59. The van der Waals surface area contributed by atoms with E-state index in [0.717, 1.165) is 75.2 Å². The molecule has 6 N–H and O–H groups in total. The fraction of sp³-hybridized carbons (Fsp3) is 0.826. The van der Waals surface area contributed by atoms with Crippen molar-refractivity contribution in [1.29, 1.82) is 0 Å². The fourth-order valence-electron chi connectivity index (χ4n) is 7.48. The van der Waals surface area contributed by atoms with E-state index in [-0.39, 0.29) is 18.7 Å². The van der Waals surface area contributed by atoms with Crippen LogP contribution in [0, 0.1) is 0 Å². The van der Waals surface area contributed by atoms with Crippen LogP contribution in [0.15, 0.2) is 29.2 Å². The predicted octanol–water partition coefficient (Wildman–Crippen LogP) is 9.67. The van der Waals surface area contributed by atoms with Crippen LogP contribution >= 0.6 is 15.6 Å². The van der Waals surface area contributed by atoms with E-state index in [2.05, 4.69) is 35.3 Å². The number of aromatic nitrogens is 2. The SMILES string of the molecule is CCCCCCC=CCCCCCCCCCC(=O)OCC(COP(=O)(O)OP(=O)(O)OCC1OC(n2ccc(N)nc2=O)C(O)C1O)OC(=O)CCCCCCCCCCCCCCC. The number of allylic oxidation sites excluding steroid dienone is 2. The molecule has 20 heteroatoms. The lowest BCUT2D eigenvalue weighted by molar-refractivity contribution is -0.161. The first-order valence-corrected chi connectivity index (χ1v) is 27.7. The second-order valence-corrected chi connectivity index (χ2v) is 20.4. The van der Waals surface area contributed by atoms with Crippen molar-refractivity contribution in [3.8, 4) is 0 Å². The largest absolute Gasteiger partial charge is 0.481 e. The summed E-state index contributed by atoms with van der Waals surface area (Å²) >= 11 is 0. The van der Waals surface area contributed by atoms with E-state index < -0.39 is 83.7 Å². The van der Waals surface area contributed by atoms with Crippen molar-refractivity contribution < 1.29 is 66.3 Å². The van der Waals surface area contributed by atoms with Crippen molar-refractivity contribution in [1.82, 2.24) is 9.55 Å². The molecule has 1 aromatic heterocycles. The molecule has 1 saturated heterocycles. The molecular weight excluding hydrogens is 896 g/mol. The maximum absolute atomic E-state index is 12.8. The Kier molecular flexibility index (Phi) is 32.2. The van der Waals surface area contributed by atoms with Gasteiger partial charge in [0.15, 0.2) is 12.3 Å². The topological polar surface area (TPSA) is 265 Å². The van der Waals surface area contributed by atoms with Gasteiger partial charge in [0.25, 0.3) is 0 Å². The molecule has 1 aliphatic heterocycles. The van der Waals surface area contributed by atoms with Gasteiger partial charge in [-0.05, 0) is 44.6 Å². The number of esters is 2. The summed E-state index contributed by atoms with van der Waals surface area (Å²) in [5, 5.41) is 20.9. The third-order valence-electron chi connectivity index (χ3n) is 11.4. The van der Waals surface area contributed by atoms with Crippen LogP contribution in [0.25, 0.3) is 0 Å². The van der Waals surface area contributed by atoms with E-state index in [1.165, 1.54) is 95.7 Å². The number of rotatable bonds is 41. The first-order valence-electron chi connectivity index (χ1n) is 24.7. The Labute approximate surface area is 392 Å². The number of nitrogens with two attached hydrogens (primary N) is 1. The quantitative estimate of drug-likeness (QED) is 0.0177. The Morgan fingerprint density at radius 1 is 0.712 bits per heavy atom. The Hall–Kier alpha value is -2.50. The number of nitrogens with zero attached hydrogens (tertiary/aromatic N) is 2. The average molecular weight is 980 g/mol. The molecule has 0 amide bonds. The van der Waals surface area contributed by atoms with Gasteiger partial charge >= 0.3 is 33.3 Å². The number of phosphoric acid groups is 2. The molecule has 7 atom stereocenters. The summed E-state index contributed by atoms with van der Waals surface area (Å²) < 4.78 is 56.7. The maximum atomic E-state index is 12.8. The number of aliphatic hydroxyl groups excluding tert-OH is 2. The van der Waals surface area contributed by atoms with Crippen LogP contribution in [0.5, 0.6) is 0 Å². The molecule has 2 rings (SSSR count). The van der Waals surface area contributed by atoms with E-state index in [9.17, 15) is 43.5 Å². The van der Waals surface area contributed by atoms with Gasteiger partial charge in [0.05, 0.1) is 13.2 Å². The average Bonchev–Trinajstić information content (AvgIpc) is 3.55. The van der Waals surface area contributed by atoms with E-state index in [4.69, 9.17) is 29.0 Å². The van der Waals surface area contributed by atoms with Gasteiger partial charge in [-0.1, -0.05) is 154 Å². The number of ether oxygens (including phenoxy) is 3. The first kappa shape index (κ1) is 59.6. The lowest BCUT2D eigenvalue weighted by Gasteiger charge is -2.21. The number of unbranched alkanes of at least 4 members (excludes halogenated alkanes) is 23. The molecule has 0 aliphatic carbocycles. The molecule has 1 aliphatic rings. The Morgan fingerprint density at radius 2 is 1.18 bits per heavy atom. The Bertz CT molecular complexity index is 1650. The van der Waals surface area contributed by atoms with E-state index in [1.54, 1.807) is 0 Å². The summed E-state index contributed by atoms with van der Waals surface area (Å²) in [6, 6.07) is 1.25. The molecule has 0 spiro atoms. The second-order valence-electron chi connectivity index (χ2n) is 17.3. The normalized spacial score (nSPS) is 19.7. The monoisotopic (exact) mass is 980 g/mol. The van der Waals surface area contributed by atoms with Gasteiger partial charge in [-0.2, -0.15) is 9.29 Å². The number of hydrogen-bond donors (Lipinski definition) is 5. The maximum Gasteiger partial charge on any atom is 0.481 e. The van der Waals surface area contributed by atoms with Gasteiger partial charge < -0.3 is 39.9 Å². The number of aliphatic hydroxyl groups is 2. The zero-order valence-electron chi connectivity index (χ0n) is 39.8. The molecule has 7 unspecified atom stereocenters. The van der Waals surface area contributed by atoms with Crippen molar-refractivity contribution in [3.05, 3.63) is 34.9 Å². The van der Waals surface area contributed by atoms with Crippen LogP contribution in [-0.4, -0.2) is 85.7 Å². The van der Waals surface area contributed by atoms with Crippen LogP contribution in [0.4, 0.5) is 5.82 Å². The standard InChI is InChI=1S/C46H83N3O15P2/c1-3-5-7-9-11-13-15-17-18-20-21-23-25-27-29-31-41(50)59-35-38(62-42(51)32-30-28-26-24-22-19-16-14-12-10-8-6-4-2)36-60-65(55,56)64-66(57,58)61-37-39-43(52)44(53)45(63-39)49-34-33-40(47)48-46(49)54/h13,15,33-34,38-39,43-45,52-53H,3-12,14,16-32,35-37H2,1-2H3,(H,55,56)(H,57,58)(H2,47,48,54). The molecular formula is C46H83N3O15P2. The van der Waals surface area contributed by atoms with Crippen LogP contribution in [0.1, 0.15) is 200 Å². The molecule has 0 aromatic carbocycles. The van der Waals surface area contributed by atoms with Gasteiger partial charge in [0.1, 0.15) is 30.7 Å². The third kappa shape index (κ3) is 28.1. The fourth-order valence-corrected chi connectivity index (χ4v) is 9.60. The van der Waals surface area contributed by atoms with Crippen LogP contribution in [0.3, 0.4) is 0 Å². The first-order chi connectivity index (χ1) is 31.7. The highest BCUT2D eigenvalue weighted by molar-refractivity contribution is 7.61. The Morgan fingerprint density at radius 3 is 1.71 bits per heavy atom. The van der Waals surface area contributed by atoms with Crippen molar-refractivity contribution in [2.75, 3.05) is 25.6 Å². The minimum atomic E-state index is -5.42. The van der Waals surface area contributed by atoms with E-state index in [0.29, 0.717) is 12.8 Å². The number of anilines is 1. The summed E-state index contributed by atoms with van der Waals surface area (Å²) in [4.78, 5) is 61.8. The van der Waals surface area contributed by atoms with Gasteiger partial charge in [-0.3, -0.25) is 23.2 Å². The van der Waals surface area contributed by atoms with Gasteiger partial charge in [-0.25, -0.2) is 13.9 Å². The lowest BCUT2D eigenvalue weighted by Crippen LogP contribution is -2.36. The minimum Gasteiger partial charge on any atom is -0.462 e. The van der Waals surface area contributed by atoms with Crippen LogP contribution in [-0.2, 0) is 46.3 Å². The van der Waals surface area contributed by atoms with E-state index in [1.807, 2.05) is 0 Å². The van der Waals surface area contributed by atoms with Crippen molar-refractivity contribution in [2.45, 2.75) is 224 Å². The van der Waals surface area contributed by atoms with Gasteiger partial charge in [0.2, 0.25) is 0 Å². The summed E-state index contributed by atoms with van der Waals surface area (Å²) in [6.45, 7) is 2.15. The number of phosphoric ester groups is 2. The molecule has 1 aromatic rings. The van der Waals surface area contributed by atoms with Crippen molar-refractivity contribution in [3.63, 3.8) is 0 Å². The smallest absolute Gasteiger partial charge is 0.462 e. The second kappa shape index (κ2) is 35.6. The van der Waals surface area contributed by atoms with Crippen LogP contribution < -0.4 is 11.4 Å². The third-order valence-corrected chi connectivity index (χ3v) is 14.0. The van der Waals surface area contributed by atoms with Crippen molar-refractivity contribution >= 4 is 33.4 Å². The lowest BCUT2D eigenvalue weighted by atomic mass is 10.0. The summed E-state index contributed by atoms with van der Waals surface area (Å²) in [6.07, 6.45) is 27.2. The zero-order chi connectivity index (χ0) is 48.5. The zero-order valence-corrected chi connectivity index (χ0v) is 41.6. The molecule has 0 bridgehead atoms.